The molecule has 0 aliphatic heterocycles. The highest BCUT2D eigenvalue weighted by Gasteiger charge is 2.21. The number of carbonyl (C=O) groups is 1. The van der Waals surface area contributed by atoms with E-state index in [0.717, 1.165) is 37.8 Å². The number of benzene rings is 2. The lowest BCUT2D eigenvalue weighted by atomic mass is 9.87. The predicted octanol–water partition coefficient (Wildman–Crippen LogP) is 5.71. The van der Waals surface area contributed by atoms with Crippen molar-refractivity contribution in [3.8, 4) is 5.75 Å². The third kappa shape index (κ3) is 6.90. The van der Waals surface area contributed by atoms with E-state index in [0.29, 0.717) is 12.1 Å². The molecule has 0 fully saturated rings. The number of rotatable bonds is 11. The third-order valence-corrected chi connectivity index (χ3v) is 5.64. The summed E-state index contributed by atoms with van der Waals surface area (Å²) < 4.78 is 0. The Labute approximate surface area is 175 Å². The van der Waals surface area contributed by atoms with Crippen LogP contribution in [0.1, 0.15) is 74.4 Å². The third-order valence-electron chi connectivity index (χ3n) is 5.64. The summed E-state index contributed by atoms with van der Waals surface area (Å²) in [6, 6.07) is 15.9. The summed E-state index contributed by atoms with van der Waals surface area (Å²) in [5.41, 5.74) is 2.29. The van der Waals surface area contributed by atoms with Gasteiger partial charge in [0.2, 0.25) is 0 Å². The second kappa shape index (κ2) is 11.0. The number of hydrogen-bond donors (Lipinski definition) is 2. The lowest BCUT2D eigenvalue weighted by molar-refractivity contribution is 0.0696. The fourth-order valence-corrected chi connectivity index (χ4v) is 4.08. The van der Waals surface area contributed by atoms with Crippen molar-refractivity contribution in [2.45, 2.75) is 71.4 Å². The largest absolute Gasteiger partial charge is 0.508 e. The number of carboxylic acid groups (broad SMARTS) is 1. The molecule has 0 amide bonds. The number of phenols is 1. The molecule has 0 saturated carbocycles. The molecule has 2 aromatic rings. The Morgan fingerprint density at radius 1 is 0.966 bits per heavy atom. The smallest absolute Gasteiger partial charge is 0.335 e. The maximum Gasteiger partial charge on any atom is 0.335 e. The van der Waals surface area contributed by atoms with Gasteiger partial charge in [-0.15, -0.1) is 0 Å². The van der Waals surface area contributed by atoms with Gasteiger partial charge in [-0.1, -0.05) is 30.3 Å². The van der Waals surface area contributed by atoms with E-state index < -0.39 is 5.97 Å². The van der Waals surface area contributed by atoms with Crippen molar-refractivity contribution in [2.24, 2.45) is 0 Å². The molecule has 0 spiro atoms. The molecule has 1 unspecified atom stereocenters. The number of nitrogens with zero attached hydrogens (tertiary/aromatic N) is 1. The second-order valence-corrected chi connectivity index (χ2v) is 8.37. The molecule has 2 rings (SSSR count). The van der Waals surface area contributed by atoms with Crippen LogP contribution < -0.4 is 0 Å². The van der Waals surface area contributed by atoms with Crippen LogP contribution in [0.15, 0.2) is 48.5 Å². The molecule has 29 heavy (non-hydrogen) atoms. The Balaban J connectivity index is 2.18. The lowest BCUT2D eigenvalue weighted by Gasteiger charge is -2.32. The molecule has 158 valence electrons. The fourth-order valence-electron chi connectivity index (χ4n) is 4.08. The Morgan fingerprint density at radius 2 is 1.62 bits per heavy atom. The first-order valence-corrected chi connectivity index (χ1v) is 10.7. The highest BCUT2D eigenvalue weighted by atomic mass is 16.4. The summed E-state index contributed by atoms with van der Waals surface area (Å²) in [6.07, 6.45) is 3.78. The van der Waals surface area contributed by atoms with Crippen LogP contribution in [-0.4, -0.2) is 39.7 Å². The van der Waals surface area contributed by atoms with Gasteiger partial charge in [-0.2, -0.15) is 0 Å². The molecule has 2 aromatic carbocycles. The van der Waals surface area contributed by atoms with E-state index in [1.165, 1.54) is 17.7 Å². The van der Waals surface area contributed by atoms with Gasteiger partial charge in [0.05, 0.1) is 5.56 Å². The van der Waals surface area contributed by atoms with Gasteiger partial charge in [0.25, 0.3) is 0 Å². The summed E-state index contributed by atoms with van der Waals surface area (Å²) in [4.78, 5) is 13.9. The van der Waals surface area contributed by atoms with Crippen molar-refractivity contribution in [3.63, 3.8) is 0 Å². The minimum atomic E-state index is -0.958. The van der Waals surface area contributed by atoms with Crippen LogP contribution in [0.5, 0.6) is 5.75 Å². The first-order valence-electron chi connectivity index (χ1n) is 10.7. The molecule has 0 aromatic heterocycles. The van der Waals surface area contributed by atoms with Crippen LogP contribution in [0.4, 0.5) is 0 Å². The molecular formula is C25H35NO3. The molecular weight excluding hydrogens is 362 g/mol. The average molecular weight is 398 g/mol. The number of aromatic hydroxyl groups is 1. The van der Waals surface area contributed by atoms with E-state index in [9.17, 15) is 15.0 Å². The highest BCUT2D eigenvalue weighted by Crippen LogP contribution is 2.34. The summed E-state index contributed by atoms with van der Waals surface area (Å²) in [6.45, 7) is 9.72. The maximum atomic E-state index is 11.4. The molecule has 2 N–H and O–H groups in total. The van der Waals surface area contributed by atoms with E-state index in [-0.39, 0.29) is 17.2 Å². The quantitative estimate of drug-likeness (QED) is 0.510. The maximum absolute atomic E-state index is 11.4. The molecule has 0 aliphatic rings. The number of hydrogen-bond acceptors (Lipinski definition) is 3. The summed E-state index contributed by atoms with van der Waals surface area (Å²) in [5.74, 6) is -0.640. The average Bonchev–Trinajstić information content (AvgIpc) is 2.67. The minimum absolute atomic E-state index is 0.123. The summed E-state index contributed by atoms with van der Waals surface area (Å²) >= 11 is 0. The van der Waals surface area contributed by atoms with Crippen LogP contribution in [-0.2, 0) is 6.42 Å². The normalized spacial score (nSPS) is 12.7. The Bertz CT molecular complexity index is 763. The van der Waals surface area contributed by atoms with E-state index in [4.69, 9.17) is 0 Å². The minimum Gasteiger partial charge on any atom is -0.508 e. The van der Waals surface area contributed by atoms with Crippen molar-refractivity contribution in [2.75, 3.05) is 6.54 Å². The van der Waals surface area contributed by atoms with Gasteiger partial charge >= 0.3 is 5.97 Å². The zero-order valence-electron chi connectivity index (χ0n) is 18.1. The van der Waals surface area contributed by atoms with Gasteiger partial charge in [-0.05, 0) is 95.2 Å². The fraction of sp³-hybridized carbons (Fsp3) is 0.480. The number of phenolic OH excluding ortho intramolecular Hbond substituents is 1. The van der Waals surface area contributed by atoms with E-state index in [1.807, 2.05) is 6.07 Å². The molecule has 1 atom stereocenters. The van der Waals surface area contributed by atoms with E-state index >= 15 is 0 Å². The summed E-state index contributed by atoms with van der Waals surface area (Å²) in [7, 11) is 0. The van der Waals surface area contributed by atoms with Gasteiger partial charge in [-0.25, -0.2) is 4.79 Å². The van der Waals surface area contributed by atoms with E-state index in [1.54, 1.807) is 6.07 Å². The lowest BCUT2D eigenvalue weighted by Crippen LogP contribution is -2.38. The first-order chi connectivity index (χ1) is 13.8. The standard InChI is InChI=1S/C25H35NO3/c1-18(2)26(19(3)4)16-15-21(12-8-11-20-9-6-5-7-10-20)23-17-22(25(28)29)13-14-24(23)27/h5-7,9-10,13-14,17-19,21,27H,8,11-12,15-16H2,1-4H3,(H,28,29). The van der Waals surface area contributed by atoms with E-state index in [2.05, 4.69) is 56.9 Å². The summed E-state index contributed by atoms with van der Waals surface area (Å²) in [5, 5.41) is 19.9. The molecule has 0 radical (unpaired) electrons. The number of carboxylic acids is 1. The van der Waals surface area contributed by atoms with Crippen LogP contribution in [0, 0.1) is 0 Å². The van der Waals surface area contributed by atoms with Crippen molar-refractivity contribution in [1.82, 2.24) is 4.90 Å². The van der Waals surface area contributed by atoms with Crippen LogP contribution in [0.25, 0.3) is 0 Å². The van der Waals surface area contributed by atoms with Crippen molar-refractivity contribution in [1.29, 1.82) is 0 Å². The van der Waals surface area contributed by atoms with Crippen LogP contribution in [0.3, 0.4) is 0 Å². The Kier molecular flexibility index (Phi) is 8.71. The van der Waals surface area contributed by atoms with Crippen molar-refractivity contribution >= 4 is 5.97 Å². The Morgan fingerprint density at radius 3 is 2.21 bits per heavy atom. The predicted molar refractivity (Wildman–Crippen MR) is 119 cm³/mol. The van der Waals surface area contributed by atoms with Gasteiger partial charge in [-0.3, -0.25) is 4.90 Å². The van der Waals surface area contributed by atoms with Gasteiger partial charge in [0.1, 0.15) is 5.75 Å². The van der Waals surface area contributed by atoms with Gasteiger partial charge in [0, 0.05) is 12.1 Å². The number of aryl methyl sites for hydroxylation is 1. The molecule has 0 bridgehead atoms. The monoisotopic (exact) mass is 397 g/mol. The van der Waals surface area contributed by atoms with Gasteiger partial charge < -0.3 is 10.2 Å². The molecule has 0 heterocycles. The number of aromatic carboxylic acids is 1. The first kappa shape index (κ1) is 23.0. The molecule has 0 saturated heterocycles. The molecule has 4 nitrogen and oxygen atoms in total. The van der Waals surface area contributed by atoms with Crippen molar-refractivity contribution in [3.05, 3.63) is 65.2 Å². The molecule has 0 aliphatic carbocycles. The van der Waals surface area contributed by atoms with Crippen molar-refractivity contribution < 1.29 is 15.0 Å². The zero-order valence-corrected chi connectivity index (χ0v) is 18.1. The second-order valence-electron chi connectivity index (χ2n) is 8.37. The zero-order chi connectivity index (χ0) is 21.4. The highest BCUT2D eigenvalue weighted by molar-refractivity contribution is 5.88. The topological polar surface area (TPSA) is 60.8 Å². The Hall–Kier alpha value is -2.33. The van der Waals surface area contributed by atoms with Crippen LogP contribution in [0.2, 0.25) is 0 Å². The SMILES string of the molecule is CC(C)N(CCC(CCCc1ccccc1)c1cc(C(=O)O)ccc1O)C(C)C. The van der Waals surface area contributed by atoms with Gasteiger partial charge in [0.15, 0.2) is 0 Å². The van der Waals surface area contributed by atoms with Crippen LogP contribution >= 0.6 is 0 Å². The molecule has 4 heteroatoms.